The molecule has 1 radical (unpaired) electrons. The van der Waals surface area contributed by atoms with Crippen molar-refractivity contribution in [1.82, 2.24) is 0 Å². The van der Waals surface area contributed by atoms with E-state index in [1.807, 2.05) is 12.1 Å². The maximum absolute atomic E-state index is 6.95. The SMILES string of the molecule is CC1=[C-]C(C)C(C)=C1C.CCCCCCCCCC[NH-].[Hf].c1ccc(-c2ccccc2)cc1.c1ccc([SiH]c2ccccc2)cc1. The molecule has 243 valence electrons. The van der Waals surface area contributed by atoms with E-state index in [4.69, 9.17) is 5.73 Å². The molecule has 4 aromatic rings. The molecular formula is C43H56HfNSi-2. The summed E-state index contributed by atoms with van der Waals surface area (Å²) in [5.74, 6) is 0.560. The number of hydrogen-bond acceptors (Lipinski definition) is 0. The molecule has 5 rings (SSSR count). The van der Waals surface area contributed by atoms with Crippen LogP contribution in [0.3, 0.4) is 0 Å². The summed E-state index contributed by atoms with van der Waals surface area (Å²) in [4.78, 5) is 0. The fourth-order valence-electron chi connectivity index (χ4n) is 4.97. The molecule has 0 amide bonds. The summed E-state index contributed by atoms with van der Waals surface area (Å²) in [6.45, 7) is 11.5. The van der Waals surface area contributed by atoms with Crippen LogP contribution in [0.15, 0.2) is 138 Å². The minimum absolute atomic E-state index is 0. The molecule has 46 heavy (non-hydrogen) atoms. The summed E-state index contributed by atoms with van der Waals surface area (Å²) in [7, 11) is 0.271. The normalized spacial score (nSPS) is 13.1. The Morgan fingerprint density at radius 3 is 1.24 bits per heavy atom. The van der Waals surface area contributed by atoms with Gasteiger partial charge in [0.15, 0.2) is 0 Å². The quantitative estimate of drug-likeness (QED) is 0.0821. The average molecular weight is 794 g/mol. The Hall–Kier alpha value is -2.59. The molecule has 1 N–H and O–H groups in total. The van der Waals surface area contributed by atoms with Crippen LogP contribution in [0.5, 0.6) is 0 Å². The summed E-state index contributed by atoms with van der Waals surface area (Å²) < 4.78 is 0. The van der Waals surface area contributed by atoms with Gasteiger partial charge >= 0.3 is 0 Å². The molecule has 3 heteroatoms. The topological polar surface area (TPSA) is 23.8 Å². The average Bonchev–Trinajstić information content (AvgIpc) is 3.31. The van der Waals surface area contributed by atoms with E-state index < -0.39 is 0 Å². The zero-order valence-electron chi connectivity index (χ0n) is 29.1. The Kier molecular flexibility index (Phi) is 23.8. The van der Waals surface area contributed by atoms with Crippen LogP contribution in [0.1, 0.15) is 86.0 Å². The number of nitrogens with one attached hydrogen (secondary N) is 1. The molecule has 0 aromatic heterocycles. The summed E-state index contributed by atoms with van der Waals surface area (Å²) in [6, 6.07) is 42.1. The minimum atomic E-state index is 0. The molecule has 0 aliphatic heterocycles. The Morgan fingerprint density at radius 1 is 0.565 bits per heavy atom. The van der Waals surface area contributed by atoms with Gasteiger partial charge in [-0.3, -0.25) is 6.08 Å². The van der Waals surface area contributed by atoms with Crippen molar-refractivity contribution in [3.8, 4) is 11.1 Å². The van der Waals surface area contributed by atoms with Crippen molar-refractivity contribution in [3.05, 3.63) is 150 Å². The maximum Gasteiger partial charge on any atom is 0.103 e. The van der Waals surface area contributed by atoms with Gasteiger partial charge < -0.3 is 5.73 Å². The van der Waals surface area contributed by atoms with Crippen molar-refractivity contribution in [2.24, 2.45) is 5.92 Å². The molecule has 4 aromatic carbocycles. The van der Waals surface area contributed by atoms with Gasteiger partial charge in [0, 0.05) is 25.8 Å². The third kappa shape index (κ3) is 17.9. The predicted octanol–water partition coefficient (Wildman–Crippen LogP) is 11.3. The molecule has 1 atom stereocenters. The van der Waals surface area contributed by atoms with E-state index in [2.05, 4.69) is 150 Å². The van der Waals surface area contributed by atoms with E-state index in [-0.39, 0.29) is 35.4 Å². The molecule has 1 aliphatic rings. The van der Waals surface area contributed by atoms with Crippen LogP contribution >= 0.6 is 0 Å². The Bertz CT molecular complexity index is 1250. The third-order valence-corrected chi connectivity index (χ3v) is 9.52. The zero-order valence-corrected chi connectivity index (χ0v) is 33.8. The molecular weight excluding hydrogens is 737 g/mol. The standard InChI is InChI=1S/C12H11Si.C12H10.C10H22N.C9H13.Hf/c1-3-7-11(8-4-1)13-12-9-5-2-6-10-12;1-3-7-11(8-4-1)12-9-5-2-6-10-12;1-2-3-4-5-6-7-8-9-10-11;1-6-5-7(2)9(4)8(6)3;/h1-10,13H;1-10H;11H,2-10H2,1H3;6H,1-4H3;/q;;2*-1;. The fourth-order valence-corrected chi connectivity index (χ4v) is 6.19. The van der Waals surface area contributed by atoms with Crippen molar-refractivity contribution < 1.29 is 25.8 Å². The third-order valence-electron chi connectivity index (χ3n) is 8.08. The Morgan fingerprint density at radius 2 is 0.935 bits per heavy atom. The van der Waals surface area contributed by atoms with Crippen LogP contribution in [0.2, 0.25) is 0 Å². The van der Waals surface area contributed by atoms with Gasteiger partial charge in [-0.1, -0.05) is 217 Å². The second-order valence-corrected chi connectivity index (χ2v) is 13.3. The molecule has 0 heterocycles. The first-order valence-electron chi connectivity index (χ1n) is 16.9. The van der Waals surface area contributed by atoms with E-state index >= 15 is 0 Å². The van der Waals surface area contributed by atoms with Crippen LogP contribution in [-0.4, -0.2) is 16.1 Å². The van der Waals surface area contributed by atoms with Crippen LogP contribution in [0.4, 0.5) is 0 Å². The van der Waals surface area contributed by atoms with E-state index in [0.29, 0.717) is 12.5 Å². The van der Waals surface area contributed by atoms with E-state index in [9.17, 15) is 0 Å². The van der Waals surface area contributed by atoms with Gasteiger partial charge in [-0.15, -0.1) is 6.92 Å². The van der Waals surface area contributed by atoms with Gasteiger partial charge in [0.2, 0.25) is 0 Å². The van der Waals surface area contributed by atoms with Crippen molar-refractivity contribution >= 4 is 19.9 Å². The first-order chi connectivity index (χ1) is 22.0. The second-order valence-electron chi connectivity index (χ2n) is 11.7. The van der Waals surface area contributed by atoms with Crippen molar-refractivity contribution in [1.29, 1.82) is 0 Å². The predicted molar refractivity (Wildman–Crippen MR) is 203 cm³/mol. The summed E-state index contributed by atoms with van der Waals surface area (Å²) >= 11 is 0. The van der Waals surface area contributed by atoms with Gasteiger partial charge in [-0.05, 0) is 11.1 Å². The van der Waals surface area contributed by atoms with Crippen molar-refractivity contribution in [3.63, 3.8) is 0 Å². The number of benzene rings is 4. The molecule has 0 saturated carbocycles. The molecule has 0 bridgehead atoms. The molecule has 0 saturated heterocycles. The maximum atomic E-state index is 6.95. The molecule has 0 fully saturated rings. The van der Waals surface area contributed by atoms with Gasteiger partial charge in [0.05, 0.1) is 0 Å². The van der Waals surface area contributed by atoms with Gasteiger partial charge in [0.25, 0.3) is 0 Å². The van der Waals surface area contributed by atoms with Crippen molar-refractivity contribution in [2.75, 3.05) is 6.54 Å². The zero-order chi connectivity index (χ0) is 32.5. The summed E-state index contributed by atoms with van der Waals surface area (Å²) in [6.07, 6.45) is 14.0. The summed E-state index contributed by atoms with van der Waals surface area (Å²) in [5.41, 5.74) is 13.7. The van der Waals surface area contributed by atoms with Gasteiger partial charge in [-0.2, -0.15) is 17.7 Å². The van der Waals surface area contributed by atoms with Crippen LogP contribution in [0.25, 0.3) is 16.9 Å². The summed E-state index contributed by atoms with van der Waals surface area (Å²) in [5, 5.41) is 2.90. The number of hydrogen-bond donors (Lipinski definition) is 0. The number of allylic oxidation sites excluding steroid dienone is 4. The van der Waals surface area contributed by atoms with Crippen LogP contribution in [-0.2, 0) is 25.8 Å². The van der Waals surface area contributed by atoms with Gasteiger partial charge in [0.1, 0.15) is 9.52 Å². The number of unbranched alkanes of at least 4 members (excludes halogenated alkanes) is 7. The van der Waals surface area contributed by atoms with E-state index in [0.717, 1.165) is 6.42 Å². The first-order valence-corrected chi connectivity index (χ1v) is 18.1. The van der Waals surface area contributed by atoms with E-state index in [1.54, 1.807) is 0 Å². The minimum Gasteiger partial charge on any atom is -0.677 e. The van der Waals surface area contributed by atoms with Crippen LogP contribution < -0.4 is 10.4 Å². The second kappa shape index (κ2) is 26.5. The van der Waals surface area contributed by atoms with Crippen molar-refractivity contribution in [2.45, 2.75) is 86.0 Å². The van der Waals surface area contributed by atoms with E-state index in [1.165, 1.54) is 83.2 Å². The smallest absolute Gasteiger partial charge is 0.103 e. The fraction of sp³-hybridized carbons (Fsp3) is 0.349. The first kappa shape index (κ1) is 41.4. The molecule has 0 spiro atoms. The van der Waals surface area contributed by atoms with Crippen LogP contribution in [0, 0.1) is 12.0 Å². The monoisotopic (exact) mass is 794 g/mol. The molecule has 1 aliphatic carbocycles. The molecule has 1 nitrogen and oxygen atoms in total. The Labute approximate surface area is 303 Å². The van der Waals surface area contributed by atoms with Gasteiger partial charge in [-0.25, -0.2) is 5.57 Å². The number of rotatable bonds is 11. The largest absolute Gasteiger partial charge is 0.677 e. The molecule has 1 unspecified atom stereocenters. The Balaban J connectivity index is 0.000000307.